The average molecular weight is 266 g/mol. The lowest BCUT2D eigenvalue weighted by Gasteiger charge is -2.30. The molecule has 0 saturated carbocycles. The van der Waals surface area contributed by atoms with Crippen LogP contribution in [0.1, 0.15) is 0 Å². The highest BCUT2D eigenvalue weighted by Gasteiger charge is 2.61. The molecule has 2 unspecified atom stereocenters. The lowest BCUT2D eigenvalue weighted by atomic mass is 9.92. The molecule has 0 aromatic carbocycles. The summed E-state index contributed by atoms with van der Waals surface area (Å²) in [5.74, 6) is 0. The van der Waals surface area contributed by atoms with Crippen molar-refractivity contribution >= 4 is 26.4 Å². The van der Waals surface area contributed by atoms with E-state index in [1.54, 1.807) is 0 Å². The monoisotopic (exact) mass is 266 g/mol. The van der Waals surface area contributed by atoms with Crippen LogP contribution in [0.3, 0.4) is 0 Å². The molecule has 2 bridgehead atoms. The zero-order valence-corrected chi connectivity index (χ0v) is 10.3. The molecule has 2 heterocycles. The highest BCUT2D eigenvalue weighted by atomic mass is 32.5. The Morgan fingerprint density at radius 1 is 1.62 bits per heavy atom. The van der Waals surface area contributed by atoms with E-state index >= 15 is 0 Å². The zero-order chi connectivity index (χ0) is 12.0. The standard InChI is InChI=1S/C7H12BO6PS/c1-11-2-7-3-12-4(6(8)13-7)5(7)14-15(9,10)16/h4-6H,2-3H2,1H3,(H2,9,10,16)/t4?,5?,6-,7+/m1/s1. The summed E-state index contributed by atoms with van der Waals surface area (Å²) in [6.45, 7) is -3.35. The number of fused-ring (bicyclic) bond motifs is 2. The summed E-state index contributed by atoms with van der Waals surface area (Å²) in [5.41, 5.74) is -0.894. The van der Waals surface area contributed by atoms with Crippen LogP contribution >= 0.6 is 6.72 Å². The van der Waals surface area contributed by atoms with Crippen LogP contribution in [-0.4, -0.2) is 61.8 Å². The molecular weight excluding hydrogens is 254 g/mol. The Morgan fingerprint density at radius 3 is 2.81 bits per heavy atom. The van der Waals surface area contributed by atoms with Gasteiger partial charge in [-0.1, -0.05) is 0 Å². The van der Waals surface area contributed by atoms with Gasteiger partial charge in [-0.05, 0) is 11.8 Å². The van der Waals surface area contributed by atoms with E-state index in [1.165, 1.54) is 7.11 Å². The van der Waals surface area contributed by atoms with Gasteiger partial charge in [-0.2, -0.15) is 0 Å². The minimum absolute atomic E-state index is 0.192. The predicted octanol–water partition coefficient (Wildman–Crippen LogP) is -1.11. The van der Waals surface area contributed by atoms with E-state index in [0.717, 1.165) is 0 Å². The van der Waals surface area contributed by atoms with Gasteiger partial charge in [0.1, 0.15) is 25.7 Å². The van der Waals surface area contributed by atoms with E-state index in [2.05, 4.69) is 11.8 Å². The summed E-state index contributed by atoms with van der Waals surface area (Å²) in [7, 11) is 7.18. The number of hydrogen-bond acceptors (Lipinski definition) is 5. The molecule has 0 aliphatic carbocycles. The molecule has 2 saturated heterocycles. The Kier molecular flexibility index (Phi) is 3.47. The summed E-state index contributed by atoms with van der Waals surface area (Å²) in [4.78, 5) is 18.4. The molecule has 9 heteroatoms. The van der Waals surface area contributed by atoms with E-state index in [1.807, 2.05) is 0 Å². The van der Waals surface area contributed by atoms with Gasteiger partial charge < -0.3 is 24.0 Å². The van der Waals surface area contributed by atoms with Crippen LogP contribution < -0.4 is 0 Å². The van der Waals surface area contributed by atoms with Gasteiger partial charge in [-0.25, -0.2) is 0 Å². The number of methoxy groups -OCH3 is 1. The van der Waals surface area contributed by atoms with E-state index in [4.69, 9.17) is 26.6 Å². The smallest absolute Gasteiger partial charge is 0.322 e. The van der Waals surface area contributed by atoms with E-state index in [9.17, 15) is 9.79 Å². The Balaban J connectivity index is 2.19. The predicted molar refractivity (Wildman–Crippen MR) is 58.6 cm³/mol. The summed E-state index contributed by atoms with van der Waals surface area (Å²) in [6.07, 6.45) is -1.25. The third-order valence-corrected chi connectivity index (χ3v) is 3.43. The van der Waals surface area contributed by atoms with Gasteiger partial charge in [-0.3, -0.25) is 4.52 Å². The second kappa shape index (κ2) is 4.30. The molecule has 0 aromatic heterocycles. The largest absolute Gasteiger partial charge is 0.381 e. The minimum Gasteiger partial charge on any atom is -0.381 e. The van der Waals surface area contributed by atoms with Gasteiger partial charge in [0.05, 0.1) is 13.2 Å². The third-order valence-electron chi connectivity index (χ3n) is 2.67. The highest BCUT2D eigenvalue weighted by Crippen LogP contribution is 2.49. The van der Waals surface area contributed by atoms with Gasteiger partial charge in [0, 0.05) is 13.1 Å². The lowest BCUT2D eigenvalue weighted by Crippen LogP contribution is -2.45. The van der Waals surface area contributed by atoms with Gasteiger partial charge in [0.15, 0.2) is 0 Å². The van der Waals surface area contributed by atoms with Gasteiger partial charge >= 0.3 is 6.72 Å². The van der Waals surface area contributed by atoms with Crippen LogP contribution in [0.25, 0.3) is 0 Å². The normalized spacial score (nSPS) is 42.8. The molecule has 2 aliphatic heterocycles. The minimum atomic E-state index is -3.78. The van der Waals surface area contributed by atoms with Crippen molar-refractivity contribution in [2.75, 3.05) is 20.3 Å². The molecule has 0 spiro atoms. The second-order valence-corrected chi connectivity index (χ2v) is 6.49. The third kappa shape index (κ3) is 2.21. The SMILES string of the molecule is [B][C@@H]1O[C@@]2(COC)COC1C2OP(O)(O)=S. The molecule has 90 valence electrons. The first kappa shape index (κ1) is 12.9. The van der Waals surface area contributed by atoms with Crippen molar-refractivity contribution in [3.05, 3.63) is 0 Å². The first-order valence-corrected chi connectivity index (χ1v) is 7.28. The summed E-state index contributed by atoms with van der Waals surface area (Å²) < 4.78 is 20.9. The van der Waals surface area contributed by atoms with Crippen LogP contribution in [0.5, 0.6) is 0 Å². The molecule has 0 amide bonds. The van der Waals surface area contributed by atoms with E-state index in [0.29, 0.717) is 0 Å². The van der Waals surface area contributed by atoms with Crippen molar-refractivity contribution in [1.82, 2.24) is 0 Å². The fourth-order valence-electron chi connectivity index (χ4n) is 2.12. The Hall–Kier alpha value is 0.475. The molecule has 0 aromatic rings. The summed E-state index contributed by atoms with van der Waals surface area (Å²) in [6, 6.07) is -0.671. The van der Waals surface area contributed by atoms with Crippen molar-refractivity contribution in [2.24, 2.45) is 0 Å². The van der Waals surface area contributed by atoms with E-state index < -0.39 is 30.5 Å². The highest BCUT2D eigenvalue weighted by molar-refractivity contribution is 8.06. The van der Waals surface area contributed by atoms with Crippen LogP contribution in [0.2, 0.25) is 0 Å². The van der Waals surface area contributed by atoms with Crippen molar-refractivity contribution in [3.8, 4) is 0 Å². The Bertz CT molecular complexity index is 324. The molecule has 4 atom stereocenters. The molecule has 2 N–H and O–H groups in total. The molecule has 2 rings (SSSR count). The second-order valence-electron chi connectivity index (χ2n) is 3.87. The van der Waals surface area contributed by atoms with Gasteiger partial charge in [0.2, 0.25) is 0 Å². The van der Waals surface area contributed by atoms with Crippen LogP contribution in [-0.2, 0) is 30.5 Å². The molecule has 6 nitrogen and oxygen atoms in total. The maximum atomic E-state index is 9.18. The van der Waals surface area contributed by atoms with E-state index in [-0.39, 0.29) is 13.2 Å². The first-order valence-electron chi connectivity index (χ1n) is 4.66. The molecule has 2 fully saturated rings. The van der Waals surface area contributed by atoms with Crippen molar-refractivity contribution < 1.29 is 28.5 Å². The summed E-state index contributed by atoms with van der Waals surface area (Å²) >= 11 is 4.43. The molecule has 2 aliphatic rings. The topological polar surface area (TPSA) is 77.4 Å². The number of ether oxygens (including phenoxy) is 3. The van der Waals surface area contributed by atoms with Crippen molar-refractivity contribution in [1.29, 1.82) is 0 Å². The van der Waals surface area contributed by atoms with Crippen molar-refractivity contribution in [3.63, 3.8) is 0 Å². The first-order chi connectivity index (χ1) is 7.38. The van der Waals surface area contributed by atoms with Crippen LogP contribution in [0.4, 0.5) is 0 Å². The zero-order valence-electron chi connectivity index (χ0n) is 8.61. The van der Waals surface area contributed by atoms with Crippen LogP contribution in [0, 0.1) is 0 Å². The fourth-order valence-corrected chi connectivity index (χ4v) is 3.00. The fraction of sp³-hybridized carbons (Fsp3) is 1.00. The lowest BCUT2D eigenvalue weighted by molar-refractivity contribution is -0.141. The maximum Gasteiger partial charge on any atom is 0.322 e. The summed E-state index contributed by atoms with van der Waals surface area (Å²) in [5, 5.41) is 0. The quantitative estimate of drug-likeness (QED) is 0.493. The number of hydrogen-bond donors (Lipinski definition) is 2. The average Bonchev–Trinajstić information content (AvgIpc) is 2.54. The number of rotatable bonds is 4. The van der Waals surface area contributed by atoms with Crippen molar-refractivity contribution in [2.45, 2.75) is 23.8 Å². The Labute approximate surface area is 99.5 Å². The molecular formula is C7H12BO6PS. The van der Waals surface area contributed by atoms with Crippen LogP contribution in [0.15, 0.2) is 0 Å². The molecule has 16 heavy (non-hydrogen) atoms. The maximum absolute atomic E-state index is 9.18. The molecule has 2 radical (unpaired) electrons. The van der Waals surface area contributed by atoms with Gasteiger partial charge in [-0.15, -0.1) is 0 Å². The Morgan fingerprint density at radius 2 is 2.31 bits per heavy atom. The van der Waals surface area contributed by atoms with Gasteiger partial charge in [0.25, 0.3) is 0 Å².